The molecule has 1 aromatic heterocycles. The van der Waals surface area contributed by atoms with Crippen LogP contribution in [0.4, 0.5) is 17.2 Å². The fourth-order valence-electron chi connectivity index (χ4n) is 2.39. The number of benzene rings is 1. The number of nitrogens with one attached hydrogen (secondary N) is 2. The van der Waals surface area contributed by atoms with Gasteiger partial charge in [0.15, 0.2) is 11.5 Å². The molecule has 1 aliphatic heterocycles. The van der Waals surface area contributed by atoms with Gasteiger partial charge in [-0.3, -0.25) is 4.79 Å². The molecule has 7 nitrogen and oxygen atoms in total. The van der Waals surface area contributed by atoms with E-state index in [1.807, 2.05) is 12.1 Å². The summed E-state index contributed by atoms with van der Waals surface area (Å²) in [6, 6.07) is 7.14. The van der Waals surface area contributed by atoms with Crippen molar-refractivity contribution in [3.8, 4) is 0 Å². The van der Waals surface area contributed by atoms with Gasteiger partial charge in [0.2, 0.25) is 0 Å². The van der Waals surface area contributed by atoms with Gasteiger partial charge in [-0.25, -0.2) is 9.97 Å². The van der Waals surface area contributed by atoms with E-state index in [0.29, 0.717) is 22.9 Å². The largest absolute Gasteiger partial charge is 0.397 e. The van der Waals surface area contributed by atoms with Crippen molar-refractivity contribution in [3.63, 3.8) is 0 Å². The minimum atomic E-state index is -0.306. The molecule has 0 bridgehead atoms. The monoisotopic (exact) mass is 298 g/mol. The Hall–Kier alpha value is -2.67. The summed E-state index contributed by atoms with van der Waals surface area (Å²) in [5.41, 5.74) is 7.26. The number of aromatic nitrogens is 2. The third-order valence-corrected chi connectivity index (χ3v) is 3.52. The maximum absolute atomic E-state index is 12.5. The first-order chi connectivity index (χ1) is 10.8. The molecule has 0 aliphatic carbocycles. The highest BCUT2D eigenvalue weighted by Gasteiger charge is 2.21. The molecule has 3 rings (SSSR count). The zero-order valence-corrected chi connectivity index (χ0v) is 12.1. The molecule has 2 aromatic rings. The fourth-order valence-corrected chi connectivity index (χ4v) is 2.39. The van der Waals surface area contributed by atoms with Gasteiger partial charge in [0.05, 0.1) is 11.4 Å². The van der Waals surface area contributed by atoms with Crippen LogP contribution in [0.1, 0.15) is 10.5 Å². The molecular formula is C15H18N6O. The zero-order chi connectivity index (χ0) is 15.4. The first-order valence-corrected chi connectivity index (χ1v) is 7.18. The molecule has 22 heavy (non-hydrogen) atoms. The number of carbonyl (C=O) groups excluding carboxylic acids is 1. The maximum Gasteiger partial charge on any atom is 0.278 e. The summed E-state index contributed by atoms with van der Waals surface area (Å²) in [5.74, 6) is 0.301. The summed E-state index contributed by atoms with van der Waals surface area (Å²) in [6.07, 6.45) is 3.12. The van der Waals surface area contributed by atoms with Crippen molar-refractivity contribution in [1.82, 2.24) is 15.3 Å². The van der Waals surface area contributed by atoms with Gasteiger partial charge in [-0.2, -0.15) is 0 Å². The molecule has 0 spiro atoms. The molecule has 0 atom stereocenters. The topological polar surface area (TPSA) is 96.2 Å². The lowest BCUT2D eigenvalue weighted by Gasteiger charge is -2.29. The van der Waals surface area contributed by atoms with Crippen molar-refractivity contribution in [2.24, 2.45) is 0 Å². The number of carbonyl (C=O) groups is 1. The highest BCUT2D eigenvalue weighted by atomic mass is 16.1. The van der Waals surface area contributed by atoms with E-state index in [0.717, 1.165) is 26.2 Å². The molecule has 114 valence electrons. The number of nitrogens with two attached hydrogens (primary N) is 1. The van der Waals surface area contributed by atoms with Crippen LogP contribution in [0.15, 0.2) is 36.7 Å². The first-order valence-electron chi connectivity index (χ1n) is 7.18. The van der Waals surface area contributed by atoms with E-state index in [1.165, 1.54) is 6.20 Å². The molecule has 1 aliphatic rings. The van der Waals surface area contributed by atoms with Crippen molar-refractivity contribution in [1.29, 1.82) is 0 Å². The van der Waals surface area contributed by atoms with Crippen molar-refractivity contribution in [2.45, 2.75) is 0 Å². The van der Waals surface area contributed by atoms with Crippen LogP contribution < -0.4 is 21.3 Å². The van der Waals surface area contributed by atoms with Crippen LogP contribution in [0, 0.1) is 0 Å². The van der Waals surface area contributed by atoms with E-state index in [2.05, 4.69) is 25.5 Å². The van der Waals surface area contributed by atoms with Gasteiger partial charge < -0.3 is 21.3 Å². The number of nitrogen functional groups attached to an aromatic ring is 1. The zero-order valence-electron chi connectivity index (χ0n) is 12.1. The predicted molar refractivity (Wildman–Crippen MR) is 85.9 cm³/mol. The van der Waals surface area contributed by atoms with Gasteiger partial charge in [-0.1, -0.05) is 12.1 Å². The van der Waals surface area contributed by atoms with Crippen molar-refractivity contribution in [2.75, 3.05) is 42.1 Å². The number of amides is 1. The van der Waals surface area contributed by atoms with E-state index < -0.39 is 0 Å². The van der Waals surface area contributed by atoms with Crippen molar-refractivity contribution >= 4 is 23.1 Å². The number of hydrogen-bond acceptors (Lipinski definition) is 6. The molecule has 4 N–H and O–H groups in total. The second-order valence-corrected chi connectivity index (χ2v) is 5.01. The van der Waals surface area contributed by atoms with Gasteiger partial charge in [0, 0.05) is 38.6 Å². The van der Waals surface area contributed by atoms with Crippen LogP contribution in [0.2, 0.25) is 0 Å². The molecule has 2 heterocycles. The lowest BCUT2D eigenvalue weighted by atomic mass is 10.2. The minimum Gasteiger partial charge on any atom is -0.397 e. The normalized spacial score (nSPS) is 14.6. The Balaban J connectivity index is 1.85. The van der Waals surface area contributed by atoms with Crippen LogP contribution in [-0.2, 0) is 0 Å². The summed E-state index contributed by atoms with van der Waals surface area (Å²) >= 11 is 0. The average molecular weight is 298 g/mol. The summed E-state index contributed by atoms with van der Waals surface area (Å²) in [7, 11) is 0. The van der Waals surface area contributed by atoms with Crippen molar-refractivity contribution < 1.29 is 4.79 Å². The molecule has 0 saturated carbocycles. The average Bonchev–Trinajstić information content (AvgIpc) is 2.58. The number of piperazine rings is 1. The molecule has 1 saturated heterocycles. The van der Waals surface area contributed by atoms with Crippen LogP contribution in [-0.4, -0.2) is 42.1 Å². The van der Waals surface area contributed by atoms with E-state index >= 15 is 0 Å². The van der Waals surface area contributed by atoms with Gasteiger partial charge >= 0.3 is 0 Å². The van der Waals surface area contributed by atoms with Crippen LogP contribution in [0.25, 0.3) is 0 Å². The first kappa shape index (κ1) is 14.3. The van der Waals surface area contributed by atoms with Gasteiger partial charge in [0.1, 0.15) is 0 Å². The van der Waals surface area contributed by atoms with Gasteiger partial charge in [-0.05, 0) is 12.1 Å². The summed E-state index contributed by atoms with van der Waals surface area (Å²) in [6.45, 7) is 3.32. The number of anilines is 3. The fraction of sp³-hybridized carbons (Fsp3) is 0.267. The number of para-hydroxylation sites is 2. The SMILES string of the molecule is Nc1ccccc1NC(=O)c1nccnc1N1CCNCC1. The molecule has 7 heteroatoms. The standard InChI is InChI=1S/C15H18N6O/c16-11-3-1-2-4-12(11)20-15(22)13-14(19-6-5-18-13)21-9-7-17-8-10-21/h1-6,17H,7-10,16H2,(H,20,22). The molecule has 1 aromatic carbocycles. The summed E-state index contributed by atoms with van der Waals surface area (Å²) in [5, 5.41) is 6.07. The van der Waals surface area contributed by atoms with E-state index in [1.54, 1.807) is 18.3 Å². The van der Waals surface area contributed by atoms with Crippen LogP contribution in [0.3, 0.4) is 0 Å². The third-order valence-electron chi connectivity index (χ3n) is 3.52. The van der Waals surface area contributed by atoms with Crippen LogP contribution >= 0.6 is 0 Å². The molecule has 1 amide bonds. The Labute approximate surface area is 128 Å². The number of nitrogens with zero attached hydrogens (tertiary/aromatic N) is 3. The van der Waals surface area contributed by atoms with Gasteiger partial charge in [0.25, 0.3) is 5.91 Å². The highest BCUT2D eigenvalue weighted by molar-refractivity contribution is 6.07. The molecule has 1 fully saturated rings. The van der Waals surface area contributed by atoms with E-state index in [4.69, 9.17) is 5.73 Å². The van der Waals surface area contributed by atoms with E-state index in [-0.39, 0.29) is 5.91 Å². The second kappa shape index (κ2) is 6.40. The molecular weight excluding hydrogens is 280 g/mol. The van der Waals surface area contributed by atoms with Crippen molar-refractivity contribution in [3.05, 3.63) is 42.4 Å². The second-order valence-electron chi connectivity index (χ2n) is 5.01. The summed E-state index contributed by atoms with van der Waals surface area (Å²) < 4.78 is 0. The van der Waals surface area contributed by atoms with E-state index in [9.17, 15) is 4.79 Å². The van der Waals surface area contributed by atoms with Gasteiger partial charge in [-0.15, -0.1) is 0 Å². The highest BCUT2D eigenvalue weighted by Crippen LogP contribution is 2.20. The Morgan fingerprint density at radius 1 is 1.18 bits per heavy atom. The third kappa shape index (κ3) is 2.99. The molecule has 0 unspecified atom stereocenters. The number of hydrogen-bond donors (Lipinski definition) is 3. The Morgan fingerprint density at radius 2 is 1.91 bits per heavy atom. The predicted octanol–water partition coefficient (Wildman–Crippen LogP) is 0.721. The number of rotatable bonds is 3. The maximum atomic E-state index is 12.5. The minimum absolute atomic E-state index is 0.306. The summed E-state index contributed by atoms with van der Waals surface area (Å²) in [4.78, 5) is 23.1. The lowest BCUT2D eigenvalue weighted by molar-refractivity contribution is 0.102. The van der Waals surface area contributed by atoms with Crippen LogP contribution in [0.5, 0.6) is 0 Å². The Morgan fingerprint density at radius 3 is 2.68 bits per heavy atom. The Kier molecular flexibility index (Phi) is 4.15. The Bertz CT molecular complexity index is 669. The lowest BCUT2D eigenvalue weighted by Crippen LogP contribution is -2.44. The quantitative estimate of drug-likeness (QED) is 0.723. The smallest absolute Gasteiger partial charge is 0.278 e. The molecule has 0 radical (unpaired) electrons.